The number of urea groups is 1. The topological polar surface area (TPSA) is 139 Å². The molecule has 0 aliphatic heterocycles. The van der Waals surface area contributed by atoms with Gasteiger partial charge in [-0.2, -0.15) is 5.10 Å². The molecule has 5 N–H and O–H groups in total. The molecule has 0 radical (unpaired) electrons. The number of carboxylic acids is 1. The van der Waals surface area contributed by atoms with Gasteiger partial charge in [-0.3, -0.25) is 9.48 Å². The fourth-order valence-electron chi connectivity index (χ4n) is 1.50. The first kappa shape index (κ1) is 15.5. The molecule has 0 fully saturated rings. The number of aliphatic carboxylic acids is 1. The molecule has 0 saturated carbocycles. The number of rotatable bonds is 7. The van der Waals surface area contributed by atoms with Crippen LogP contribution in [0.3, 0.4) is 0 Å². The molecule has 110 valence electrons. The molecular weight excluding hydrogens is 266 g/mol. The van der Waals surface area contributed by atoms with E-state index in [1.165, 1.54) is 0 Å². The van der Waals surface area contributed by atoms with Gasteiger partial charge in [0, 0.05) is 31.8 Å². The molecule has 0 aromatic carbocycles. The molecule has 1 heterocycles. The quantitative estimate of drug-likeness (QED) is 0.505. The van der Waals surface area contributed by atoms with Gasteiger partial charge in [0.05, 0.1) is 6.20 Å². The molecule has 1 aromatic rings. The highest BCUT2D eigenvalue weighted by Crippen LogP contribution is 1.98. The van der Waals surface area contributed by atoms with Crippen LogP contribution in [-0.2, 0) is 23.2 Å². The zero-order chi connectivity index (χ0) is 15.1. The van der Waals surface area contributed by atoms with E-state index >= 15 is 0 Å². The molecule has 9 nitrogen and oxygen atoms in total. The number of carboxylic acid groups (broad SMARTS) is 1. The lowest BCUT2D eigenvalue weighted by molar-refractivity contribution is -0.139. The number of nitrogens with one attached hydrogen (secondary N) is 2. The number of nitrogens with zero attached hydrogens (tertiary/aromatic N) is 2. The van der Waals surface area contributed by atoms with Crippen LogP contribution >= 0.6 is 0 Å². The summed E-state index contributed by atoms with van der Waals surface area (Å²) in [5.74, 6) is -1.84. The Labute approximate surface area is 115 Å². The average Bonchev–Trinajstić information content (AvgIpc) is 2.77. The van der Waals surface area contributed by atoms with Crippen molar-refractivity contribution >= 4 is 17.9 Å². The van der Waals surface area contributed by atoms with Gasteiger partial charge >= 0.3 is 12.0 Å². The standard InChI is InChI=1S/C11H17N5O4/c1-16-6-7(5-14-16)4-13-11(20)15-8(10(18)19)2-3-9(12)17/h5-6,8H,2-4H2,1H3,(H2,12,17)(H,18,19)(H2,13,15,20)/t8-/m1/s1. The largest absolute Gasteiger partial charge is 0.480 e. The van der Waals surface area contributed by atoms with E-state index in [0.717, 1.165) is 5.56 Å². The number of amides is 3. The Morgan fingerprint density at radius 2 is 2.20 bits per heavy atom. The molecule has 3 amide bonds. The molecule has 0 unspecified atom stereocenters. The van der Waals surface area contributed by atoms with E-state index in [9.17, 15) is 14.4 Å². The summed E-state index contributed by atoms with van der Waals surface area (Å²) in [6.07, 6.45) is 3.15. The van der Waals surface area contributed by atoms with Gasteiger partial charge in [-0.1, -0.05) is 0 Å². The van der Waals surface area contributed by atoms with Gasteiger partial charge < -0.3 is 21.5 Å². The van der Waals surface area contributed by atoms with E-state index in [0.29, 0.717) is 0 Å². The summed E-state index contributed by atoms with van der Waals surface area (Å²) in [6, 6.07) is -1.79. The fourth-order valence-corrected chi connectivity index (χ4v) is 1.50. The Bertz CT molecular complexity index is 499. The predicted molar refractivity (Wildman–Crippen MR) is 68.4 cm³/mol. The maximum atomic E-state index is 11.6. The van der Waals surface area contributed by atoms with Crippen LogP contribution in [0.15, 0.2) is 12.4 Å². The lowest BCUT2D eigenvalue weighted by Gasteiger charge is -2.14. The SMILES string of the molecule is Cn1cc(CNC(=O)N[C@H](CCC(N)=O)C(=O)O)cn1. The summed E-state index contributed by atoms with van der Waals surface area (Å²) in [6.45, 7) is 0.224. The highest BCUT2D eigenvalue weighted by Gasteiger charge is 2.20. The highest BCUT2D eigenvalue weighted by molar-refractivity contribution is 5.83. The van der Waals surface area contributed by atoms with Gasteiger partial charge in [-0.25, -0.2) is 9.59 Å². The monoisotopic (exact) mass is 283 g/mol. The van der Waals surface area contributed by atoms with Crippen LogP contribution in [0.1, 0.15) is 18.4 Å². The number of hydrogen-bond donors (Lipinski definition) is 4. The number of aromatic nitrogens is 2. The van der Waals surface area contributed by atoms with Gasteiger partial charge in [0.15, 0.2) is 0 Å². The van der Waals surface area contributed by atoms with Gasteiger partial charge in [-0.15, -0.1) is 0 Å². The maximum absolute atomic E-state index is 11.6. The van der Waals surface area contributed by atoms with Crippen molar-refractivity contribution in [1.29, 1.82) is 0 Å². The average molecular weight is 283 g/mol. The minimum absolute atomic E-state index is 0.0506. The Hall–Kier alpha value is -2.58. The molecule has 0 aliphatic carbocycles. The summed E-state index contributed by atoms with van der Waals surface area (Å²) in [7, 11) is 1.74. The van der Waals surface area contributed by atoms with Crippen molar-refractivity contribution in [2.75, 3.05) is 0 Å². The molecule has 1 rings (SSSR count). The first-order valence-corrected chi connectivity index (χ1v) is 5.91. The molecule has 9 heteroatoms. The summed E-state index contributed by atoms with van der Waals surface area (Å²) in [5.41, 5.74) is 5.72. The number of carbonyl (C=O) groups excluding carboxylic acids is 2. The van der Waals surface area contributed by atoms with Gasteiger partial charge in [-0.05, 0) is 6.42 Å². The van der Waals surface area contributed by atoms with Gasteiger partial charge in [0.25, 0.3) is 0 Å². The van der Waals surface area contributed by atoms with Crippen molar-refractivity contribution < 1.29 is 19.5 Å². The molecule has 1 atom stereocenters. The van der Waals surface area contributed by atoms with E-state index in [1.807, 2.05) is 0 Å². The van der Waals surface area contributed by atoms with Crippen LogP contribution in [0, 0.1) is 0 Å². The number of aryl methyl sites for hydroxylation is 1. The summed E-state index contributed by atoms with van der Waals surface area (Å²) in [5, 5.41) is 17.6. The molecular formula is C11H17N5O4. The molecule has 0 spiro atoms. The Morgan fingerprint density at radius 1 is 1.50 bits per heavy atom. The third kappa shape index (κ3) is 5.38. The zero-order valence-corrected chi connectivity index (χ0v) is 11.0. The van der Waals surface area contributed by atoms with Crippen molar-refractivity contribution in [3.05, 3.63) is 18.0 Å². The van der Waals surface area contributed by atoms with Gasteiger partial charge in [0.1, 0.15) is 6.04 Å². The van der Waals surface area contributed by atoms with Crippen LogP contribution in [0.2, 0.25) is 0 Å². The Balaban J connectivity index is 2.41. The van der Waals surface area contributed by atoms with Crippen molar-refractivity contribution in [1.82, 2.24) is 20.4 Å². The van der Waals surface area contributed by atoms with Crippen molar-refractivity contribution in [3.63, 3.8) is 0 Å². The minimum atomic E-state index is -1.22. The number of carbonyl (C=O) groups is 3. The second-order valence-corrected chi connectivity index (χ2v) is 4.25. The third-order valence-electron chi connectivity index (χ3n) is 2.49. The van der Waals surface area contributed by atoms with Crippen LogP contribution in [0.25, 0.3) is 0 Å². The van der Waals surface area contributed by atoms with E-state index < -0.39 is 23.9 Å². The predicted octanol–water partition coefficient (Wildman–Crippen LogP) is -1.06. The van der Waals surface area contributed by atoms with Crippen molar-refractivity contribution in [2.45, 2.75) is 25.4 Å². The number of primary amides is 1. The zero-order valence-electron chi connectivity index (χ0n) is 11.0. The number of nitrogens with two attached hydrogens (primary N) is 1. The fraction of sp³-hybridized carbons (Fsp3) is 0.455. The summed E-state index contributed by atoms with van der Waals surface area (Å²) >= 11 is 0. The van der Waals surface area contributed by atoms with E-state index in [1.54, 1.807) is 24.1 Å². The molecule has 1 aromatic heterocycles. The molecule has 0 bridgehead atoms. The Morgan fingerprint density at radius 3 is 2.70 bits per heavy atom. The molecule has 0 aliphatic rings. The lowest BCUT2D eigenvalue weighted by atomic mass is 10.1. The Kier molecular flexibility index (Phi) is 5.51. The smallest absolute Gasteiger partial charge is 0.326 e. The second kappa shape index (κ2) is 7.12. The van der Waals surface area contributed by atoms with Gasteiger partial charge in [0.2, 0.25) is 5.91 Å². The molecule has 0 saturated heterocycles. The first-order chi connectivity index (χ1) is 9.38. The lowest BCUT2D eigenvalue weighted by Crippen LogP contribution is -2.46. The van der Waals surface area contributed by atoms with Crippen LogP contribution < -0.4 is 16.4 Å². The van der Waals surface area contributed by atoms with E-state index in [4.69, 9.17) is 10.8 Å². The molecule has 20 heavy (non-hydrogen) atoms. The van der Waals surface area contributed by atoms with Crippen LogP contribution in [0.4, 0.5) is 4.79 Å². The highest BCUT2D eigenvalue weighted by atomic mass is 16.4. The third-order valence-corrected chi connectivity index (χ3v) is 2.49. The minimum Gasteiger partial charge on any atom is -0.480 e. The van der Waals surface area contributed by atoms with Crippen molar-refractivity contribution in [2.24, 2.45) is 12.8 Å². The van der Waals surface area contributed by atoms with Crippen molar-refractivity contribution in [3.8, 4) is 0 Å². The van der Waals surface area contributed by atoms with E-state index in [2.05, 4.69) is 15.7 Å². The van der Waals surface area contributed by atoms with E-state index in [-0.39, 0.29) is 19.4 Å². The normalized spacial score (nSPS) is 11.7. The van der Waals surface area contributed by atoms with Crippen LogP contribution in [0.5, 0.6) is 0 Å². The summed E-state index contributed by atoms with van der Waals surface area (Å²) in [4.78, 5) is 33.1. The summed E-state index contributed by atoms with van der Waals surface area (Å²) < 4.78 is 1.59. The second-order valence-electron chi connectivity index (χ2n) is 4.25. The maximum Gasteiger partial charge on any atom is 0.326 e. The van der Waals surface area contributed by atoms with Crippen LogP contribution in [-0.4, -0.2) is 38.8 Å². The number of hydrogen-bond acceptors (Lipinski definition) is 4. The first-order valence-electron chi connectivity index (χ1n) is 5.91.